The normalized spacial score (nSPS) is 10.6. The molecule has 106 valence electrons. The Balaban J connectivity index is 2.05. The van der Waals surface area contributed by atoms with Crippen molar-refractivity contribution in [2.24, 2.45) is 0 Å². The summed E-state index contributed by atoms with van der Waals surface area (Å²) in [6.45, 7) is 5.03. The molecule has 0 aromatic heterocycles. The summed E-state index contributed by atoms with van der Waals surface area (Å²) >= 11 is 0. The highest BCUT2D eigenvalue weighted by molar-refractivity contribution is 5.48. The van der Waals surface area contributed by atoms with Gasteiger partial charge in [-0.05, 0) is 41.3 Å². The number of rotatable bonds is 5. The maximum atomic E-state index is 9.75. The highest BCUT2D eigenvalue weighted by Crippen LogP contribution is 2.26. The maximum Gasteiger partial charge on any atom is 0.160 e. The first kappa shape index (κ1) is 14.3. The Morgan fingerprint density at radius 2 is 1.95 bits per heavy atom. The molecular weight excluding hydrogens is 250 g/mol. The van der Waals surface area contributed by atoms with Crippen LogP contribution in [-0.4, -0.2) is 12.2 Å². The van der Waals surface area contributed by atoms with Crippen molar-refractivity contribution in [1.82, 2.24) is 0 Å². The fraction of sp³-hybridized carbons (Fsp3) is 0.294. The van der Waals surface area contributed by atoms with E-state index in [0.29, 0.717) is 18.2 Å². The van der Waals surface area contributed by atoms with Gasteiger partial charge in [0.1, 0.15) is 0 Å². The second-order valence-electron chi connectivity index (χ2n) is 5.14. The van der Waals surface area contributed by atoms with Crippen molar-refractivity contribution < 1.29 is 9.84 Å². The molecule has 3 nitrogen and oxygen atoms in total. The number of hydrogen-bond donors (Lipinski definition) is 2. The van der Waals surface area contributed by atoms with E-state index in [2.05, 4.69) is 43.4 Å². The predicted molar refractivity (Wildman–Crippen MR) is 82.5 cm³/mol. The molecule has 2 aromatic carbocycles. The van der Waals surface area contributed by atoms with Crippen molar-refractivity contribution in [3.05, 3.63) is 53.6 Å². The molecule has 0 amide bonds. The van der Waals surface area contributed by atoms with E-state index in [1.165, 1.54) is 5.56 Å². The van der Waals surface area contributed by atoms with E-state index < -0.39 is 0 Å². The molecule has 0 fully saturated rings. The van der Waals surface area contributed by atoms with Crippen molar-refractivity contribution in [1.29, 1.82) is 0 Å². The van der Waals surface area contributed by atoms with Gasteiger partial charge in [0.25, 0.3) is 0 Å². The number of aromatic hydroxyl groups is 1. The van der Waals surface area contributed by atoms with Crippen LogP contribution in [-0.2, 0) is 6.54 Å². The maximum absolute atomic E-state index is 9.75. The molecule has 2 aromatic rings. The Bertz CT molecular complexity index is 579. The molecule has 0 unspecified atom stereocenters. The van der Waals surface area contributed by atoms with E-state index in [1.54, 1.807) is 19.2 Å². The van der Waals surface area contributed by atoms with Crippen LogP contribution in [0.1, 0.15) is 30.9 Å². The van der Waals surface area contributed by atoms with Crippen molar-refractivity contribution in [3.63, 3.8) is 0 Å². The van der Waals surface area contributed by atoms with Gasteiger partial charge in [-0.2, -0.15) is 0 Å². The topological polar surface area (TPSA) is 41.5 Å². The van der Waals surface area contributed by atoms with E-state index in [4.69, 9.17) is 4.74 Å². The Labute approximate surface area is 120 Å². The third-order valence-corrected chi connectivity index (χ3v) is 3.29. The second-order valence-corrected chi connectivity index (χ2v) is 5.14. The van der Waals surface area contributed by atoms with Gasteiger partial charge < -0.3 is 15.2 Å². The summed E-state index contributed by atoms with van der Waals surface area (Å²) in [6.07, 6.45) is 0. The lowest BCUT2D eigenvalue weighted by Crippen LogP contribution is -2.00. The molecule has 0 spiro atoms. The first-order valence-corrected chi connectivity index (χ1v) is 6.80. The van der Waals surface area contributed by atoms with Crippen LogP contribution in [0.3, 0.4) is 0 Å². The van der Waals surface area contributed by atoms with Gasteiger partial charge in [0.2, 0.25) is 0 Å². The average molecular weight is 271 g/mol. The molecule has 3 heteroatoms. The third-order valence-electron chi connectivity index (χ3n) is 3.29. The number of ether oxygens (including phenoxy) is 1. The van der Waals surface area contributed by atoms with Gasteiger partial charge in [-0.3, -0.25) is 0 Å². The second kappa shape index (κ2) is 6.33. The molecule has 0 saturated carbocycles. The van der Waals surface area contributed by atoms with Crippen molar-refractivity contribution in [2.75, 3.05) is 12.4 Å². The fourth-order valence-electron chi connectivity index (χ4n) is 2.06. The van der Waals surface area contributed by atoms with Crippen LogP contribution in [0.4, 0.5) is 5.69 Å². The lowest BCUT2D eigenvalue weighted by atomic mass is 10.0. The minimum absolute atomic E-state index is 0.169. The summed E-state index contributed by atoms with van der Waals surface area (Å²) in [4.78, 5) is 0. The number of phenols is 1. The van der Waals surface area contributed by atoms with Crippen LogP contribution in [0, 0.1) is 0 Å². The lowest BCUT2D eigenvalue weighted by Gasteiger charge is -2.11. The number of benzene rings is 2. The van der Waals surface area contributed by atoms with Gasteiger partial charge in [0, 0.05) is 12.2 Å². The van der Waals surface area contributed by atoms with Gasteiger partial charge in [-0.1, -0.05) is 32.0 Å². The van der Waals surface area contributed by atoms with Crippen LogP contribution in [0.25, 0.3) is 0 Å². The Morgan fingerprint density at radius 3 is 2.60 bits per heavy atom. The zero-order valence-electron chi connectivity index (χ0n) is 12.2. The number of hydrogen-bond acceptors (Lipinski definition) is 3. The van der Waals surface area contributed by atoms with Crippen LogP contribution in [0.5, 0.6) is 11.5 Å². The van der Waals surface area contributed by atoms with Crippen LogP contribution in [0.2, 0.25) is 0 Å². The molecule has 0 atom stereocenters. The van der Waals surface area contributed by atoms with Crippen LogP contribution < -0.4 is 10.1 Å². The zero-order chi connectivity index (χ0) is 14.5. The van der Waals surface area contributed by atoms with Crippen molar-refractivity contribution >= 4 is 5.69 Å². The highest BCUT2D eigenvalue weighted by Gasteiger charge is 2.03. The highest BCUT2D eigenvalue weighted by atomic mass is 16.5. The van der Waals surface area contributed by atoms with Gasteiger partial charge in [0.15, 0.2) is 11.5 Å². The monoisotopic (exact) mass is 271 g/mol. The molecule has 0 bridgehead atoms. The fourth-order valence-corrected chi connectivity index (χ4v) is 2.06. The van der Waals surface area contributed by atoms with Crippen molar-refractivity contribution in [3.8, 4) is 11.5 Å². The first-order valence-electron chi connectivity index (χ1n) is 6.80. The smallest absolute Gasteiger partial charge is 0.160 e. The summed E-state index contributed by atoms with van der Waals surface area (Å²) in [6, 6.07) is 13.8. The molecule has 2 N–H and O–H groups in total. The minimum atomic E-state index is 0.169. The third kappa shape index (κ3) is 3.44. The van der Waals surface area contributed by atoms with E-state index in [1.807, 2.05) is 6.07 Å². The Kier molecular flexibility index (Phi) is 4.51. The Hall–Kier alpha value is -2.16. The molecule has 0 radical (unpaired) electrons. The zero-order valence-corrected chi connectivity index (χ0v) is 12.2. The summed E-state index contributed by atoms with van der Waals surface area (Å²) in [5.74, 6) is 1.18. The molecule has 0 aliphatic carbocycles. The summed E-state index contributed by atoms with van der Waals surface area (Å²) in [5.41, 5.74) is 3.41. The number of phenolic OH excluding ortho intramolecular Hbond substituents is 1. The van der Waals surface area contributed by atoms with Gasteiger partial charge >= 0.3 is 0 Å². The molecular formula is C17H21NO2. The quantitative estimate of drug-likeness (QED) is 0.859. The number of anilines is 1. The van der Waals surface area contributed by atoms with E-state index in [0.717, 1.165) is 11.3 Å². The predicted octanol–water partition coefficient (Wildman–Crippen LogP) is 4.14. The summed E-state index contributed by atoms with van der Waals surface area (Å²) in [5, 5.41) is 13.1. The van der Waals surface area contributed by atoms with E-state index in [-0.39, 0.29) is 5.75 Å². The molecule has 0 saturated heterocycles. The lowest BCUT2D eigenvalue weighted by molar-refractivity contribution is 0.373. The van der Waals surface area contributed by atoms with Gasteiger partial charge in [0.05, 0.1) is 7.11 Å². The van der Waals surface area contributed by atoms with Gasteiger partial charge in [-0.25, -0.2) is 0 Å². The van der Waals surface area contributed by atoms with Crippen molar-refractivity contribution in [2.45, 2.75) is 26.3 Å². The van der Waals surface area contributed by atoms with Gasteiger partial charge in [-0.15, -0.1) is 0 Å². The summed E-state index contributed by atoms with van der Waals surface area (Å²) in [7, 11) is 1.55. The Morgan fingerprint density at radius 1 is 1.15 bits per heavy atom. The molecule has 2 rings (SSSR count). The number of methoxy groups -OCH3 is 1. The van der Waals surface area contributed by atoms with Crippen LogP contribution >= 0.6 is 0 Å². The van der Waals surface area contributed by atoms with E-state index in [9.17, 15) is 5.11 Å². The SMILES string of the molecule is COc1ccc(CNc2cccc(C(C)C)c2)cc1O. The molecule has 0 heterocycles. The molecule has 0 aliphatic rings. The average Bonchev–Trinajstić information content (AvgIpc) is 2.45. The van der Waals surface area contributed by atoms with Crippen LogP contribution in [0.15, 0.2) is 42.5 Å². The van der Waals surface area contributed by atoms with E-state index >= 15 is 0 Å². The summed E-state index contributed by atoms with van der Waals surface area (Å²) < 4.78 is 5.03. The largest absolute Gasteiger partial charge is 0.504 e. The minimum Gasteiger partial charge on any atom is -0.504 e. The molecule has 20 heavy (non-hydrogen) atoms. The molecule has 0 aliphatic heterocycles. The number of nitrogens with one attached hydrogen (secondary N) is 1. The first-order chi connectivity index (χ1) is 9.60. The standard InChI is InChI=1S/C17H21NO2/c1-12(2)14-5-4-6-15(10-14)18-11-13-7-8-17(20-3)16(19)9-13/h4-10,12,18-19H,11H2,1-3H3.